The number of urea groups is 1. The molecule has 0 atom stereocenters. The van der Waals surface area contributed by atoms with E-state index in [4.69, 9.17) is 0 Å². The fourth-order valence-electron chi connectivity index (χ4n) is 1.84. The first-order valence-electron chi connectivity index (χ1n) is 6.28. The van der Waals surface area contributed by atoms with Gasteiger partial charge in [0.2, 0.25) is 0 Å². The van der Waals surface area contributed by atoms with Crippen molar-refractivity contribution in [3.05, 3.63) is 58.1 Å². The van der Waals surface area contributed by atoms with E-state index in [1.165, 1.54) is 18.2 Å². The molecule has 0 aliphatic heterocycles. The zero-order chi connectivity index (χ0) is 16.3. The van der Waals surface area contributed by atoms with Crippen LogP contribution in [0.1, 0.15) is 11.1 Å². The highest BCUT2D eigenvalue weighted by molar-refractivity contribution is 9.10. The molecule has 0 saturated carbocycles. The molecule has 2 N–H and O–H groups in total. The Morgan fingerprint density at radius 2 is 1.68 bits per heavy atom. The second-order valence-corrected chi connectivity index (χ2v) is 5.46. The van der Waals surface area contributed by atoms with Crippen LogP contribution < -0.4 is 10.6 Å². The van der Waals surface area contributed by atoms with Crippen molar-refractivity contribution in [1.82, 2.24) is 0 Å². The molecular weight excluding hydrogens is 361 g/mol. The Labute approximate surface area is 133 Å². The van der Waals surface area contributed by atoms with E-state index in [1.807, 2.05) is 6.92 Å². The van der Waals surface area contributed by atoms with Gasteiger partial charge in [0.25, 0.3) is 0 Å². The number of amides is 2. The molecule has 0 bridgehead atoms. The number of halogens is 4. The fourth-order valence-corrected chi connectivity index (χ4v) is 2.43. The first kappa shape index (κ1) is 16.4. The SMILES string of the molecule is Cc1ccc(NC(=O)Nc2ccccc2C(F)(F)F)c(Br)c1. The standard InChI is InChI=1S/C15H12BrF3N2O/c1-9-6-7-13(11(16)8-9)21-14(22)20-12-5-3-2-4-10(12)15(17,18)19/h2-8H,1H3,(H2,20,21,22). The van der Waals surface area contributed by atoms with Crippen LogP contribution in [0.4, 0.5) is 29.3 Å². The molecule has 0 aliphatic rings. The number of alkyl halides is 3. The van der Waals surface area contributed by atoms with Gasteiger partial charge in [-0.05, 0) is 52.7 Å². The summed E-state index contributed by atoms with van der Waals surface area (Å²) in [6.45, 7) is 1.88. The summed E-state index contributed by atoms with van der Waals surface area (Å²) in [5.41, 5.74) is 0.261. The van der Waals surface area contributed by atoms with Crippen LogP contribution >= 0.6 is 15.9 Å². The smallest absolute Gasteiger partial charge is 0.307 e. The maximum absolute atomic E-state index is 12.9. The molecule has 2 amide bonds. The third kappa shape index (κ3) is 4.00. The Morgan fingerprint density at radius 1 is 1.05 bits per heavy atom. The average molecular weight is 373 g/mol. The number of carbonyl (C=O) groups excluding carboxylic acids is 1. The van der Waals surface area contributed by atoms with Crippen LogP contribution in [0.15, 0.2) is 46.9 Å². The number of carbonyl (C=O) groups is 1. The molecule has 0 saturated heterocycles. The van der Waals surface area contributed by atoms with Crippen LogP contribution in [0.3, 0.4) is 0 Å². The summed E-state index contributed by atoms with van der Waals surface area (Å²) >= 11 is 3.28. The molecule has 2 aromatic carbocycles. The lowest BCUT2D eigenvalue weighted by atomic mass is 10.1. The van der Waals surface area contributed by atoms with Gasteiger partial charge in [0.15, 0.2) is 0 Å². The Kier molecular flexibility index (Phi) is 4.75. The molecule has 0 spiro atoms. The molecule has 2 rings (SSSR count). The Bertz CT molecular complexity index is 701. The minimum Gasteiger partial charge on any atom is -0.307 e. The van der Waals surface area contributed by atoms with E-state index >= 15 is 0 Å². The van der Waals surface area contributed by atoms with Crippen LogP contribution in [0.25, 0.3) is 0 Å². The van der Waals surface area contributed by atoms with Crippen LogP contribution in [-0.4, -0.2) is 6.03 Å². The Balaban J connectivity index is 2.16. The minimum absolute atomic E-state index is 0.296. The molecule has 3 nitrogen and oxygen atoms in total. The quantitative estimate of drug-likeness (QED) is 0.725. The third-order valence-corrected chi connectivity index (χ3v) is 3.51. The number of anilines is 2. The van der Waals surface area contributed by atoms with Gasteiger partial charge in [-0.3, -0.25) is 0 Å². The summed E-state index contributed by atoms with van der Waals surface area (Å²) < 4.78 is 39.2. The summed E-state index contributed by atoms with van der Waals surface area (Å²) in [5, 5.41) is 4.72. The van der Waals surface area contributed by atoms with Gasteiger partial charge in [-0.15, -0.1) is 0 Å². The number of rotatable bonds is 2. The number of para-hydroxylation sites is 1. The second-order valence-electron chi connectivity index (χ2n) is 4.61. The summed E-state index contributed by atoms with van der Waals surface area (Å²) in [5.74, 6) is 0. The molecule has 0 aliphatic carbocycles. The highest BCUT2D eigenvalue weighted by atomic mass is 79.9. The molecule has 0 fully saturated rings. The van der Waals surface area contributed by atoms with E-state index in [9.17, 15) is 18.0 Å². The molecule has 0 unspecified atom stereocenters. The van der Waals surface area contributed by atoms with E-state index in [0.717, 1.165) is 11.6 Å². The van der Waals surface area contributed by atoms with Crippen LogP contribution in [0, 0.1) is 6.92 Å². The van der Waals surface area contributed by atoms with E-state index in [0.29, 0.717) is 10.2 Å². The molecule has 0 radical (unpaired) electrons. The number of hydrogen-bond acceptors (Lipinski definition) is 1. The van der Waals surface area contributed by atoms with Crippen LogP contribution in [-0.2, 0) is 6.18 Å². The zero-order valence-corrected chi connectivity index (χ0v) is 13.0. The van der Waals surface area contributed by atoms with Gasteiger partial charge in [-0.1, -0.05) is 18.2 Å². The van der Waals surface area contributed by atoms with E-state index < -0.39 is 17.8 Å². The third-order valence-electron chi connectivity index (χ3n) is 2.85. The molecule has 116 valence electrons. The number of aryl methyl sites for hydroxylation is 1. The fraction of sp³-hybridized carbons (Fsp3) is 0.133. The molecule has 22 heavy (non-hydrogen) atoms. The first-order valence-corrected chi connectivity index (χ1v) is 7.07. The van der Waals surface area contributed by atoms with Gasteiger partial charge < -0.3 is 10.6 Å². The van der Waals surface area contributed by atoms with Crippen molar-refractivity contribution >= 4 is 33.3 Å². The lowest BCUT2D eigenvalue weighted by Gasteiger charge is -2.14. The van der Waals surface area contributed by atoms with Crippen molar-refractivity contribution in [2.24, 2.45) is 0 Å². The van der Waals surface area contributed by atoms with Crippen molar-refractivity contribution < 1.29 is 18.0 Å². The van der Waals surface area contributed by atoms with Crippen LogP contribution in [0.5, 0.6) is 0 Å². The van der Waals surface area contributed by atoms with Gasteiger partial charge in [-0.25, -0.2) is 4.79 Å². The number of benzene rings is 2. The van der Waals surface area contributed by atoms with E-state index in [1.54, 1.807) is 18.2 Å². The first-order chi connectivity index (χ1) is 10.3. The van der Waals surface area contributed by atoms with E-state index in [2.05, 4.69) is 26.6 Å². The molecule has 0 aromatic heterocycles. The topological polar surface area (TPSA) is 41.1 Å². The summed E-state index contributed by atoms with van der Waals surface area (Å²) in [4.78, 5) is 11.9. The van der Waals surface area contributed by atoms with Crippen molar-refractivity contribution in [3.63, 3.8) is 0 Å². The second kappa shape index (κ2) is 6.39. The molecule has 2 aromatic rings. The molecular formula is C15H12BrF3N2O. The Hall–Kier alpha value is -2.02. The zero-order valence-electron chi connectivity index (χ0n) is 11.5. The predicted octanol–water partition coefficient (Wildman–Crippen LogP) is 5.42. The highest BCUT2D eigenvalue weighted by Gasteiger charge is 2.33. The predicted molar refractivity (Wildman–Crippen MR) is 83.0 cm³/mol. The number of nitrogens with one attached hydrogen (secondary N) is 2. The average Bonchev–Trinajstić information content (AvgIpc) is 2.41. The maximum atomic E-state index is 12.9. The summed E-state index contributed by atoms with van der Waals surface area (Å²) in [6, 6.07) is 9.29. The van der Waals surface area contributed by atoms with Gasteiger partial charge >= 0.3 is 12.2 Å². The van der Waals surface area contributed by atoms with Gasteiger partial charge in [0.05, 0.1) is 16.9 Å². The molecule has 0 heterocycles. The summed E-state index contributed by atoms with van der Waals surface area (Å²) in [6.07, 6.45) is -4.53. The summed E-state index contributed by atoms with van der Waals surface area (Å²) in [7, 11) is 0. The van der Waals surface area contributed by atoms with Gasteiger partial charge in [0, 0.05) is 4.47 Å². The maximum Gasteiger partial charge on any atom is 0.418 e. The van der Waals surface area contributed by atoms with Gasteiger partial charge in [-0.2, -0.15) is 13.2 Å². The normalized spacial score (nSPS) is 11.1. The Morgan fingerprint density at radius 3 is 2.32 bits per heavy atom. The lowest BCUT2D eigenvalue weighted by molar-refractivity contribution is -0.136. The monoisotopic (exact) mass is 372 g/mol. The number of hydrogen-bond donors (Lipinski definition) is 2. The van der Waals surface area contributed by atoms with Crippen molar-refractivity contribution in [2.45, 2.75) is 13.1 Å². The van der Waals surface area contributed by atoms with Crippen molar-refractivity contribution in [3.8, 4) is 0 Å². The van der Waals surface area contributed by atoms with Crippen molar-refractivity contribution in [1.29, 1.82) is 0 Å². The van der Waals surface area contributed by atoms with Crippen molar-refractivity contribution in [2.75, 3.05) is 10.6 Å². The largest absolute Gasteiger partial charge is 0.418 e. The minimum atomic E-state index is -4.53. The van der Waals surface area contributed by atoms with Crippen LogP contribution in [0.2, 0.25) is 0 Å². The molecule has 7 heteroatoms. The highest BCUT2D eigenvalue weighted by Crippen LogP contribution is 2.34. The van der Waals surface area contributed by atoms with E-state index in [-0.39, 0.29) is 5.69 Å². The van der Waals surface area contributed by atoms with Gasteiger partial charge in [0.1, 0.15) is 0 Å². The lowest BCUT2D eigenvalue weighted by Crippen LogP contribution is -2.22.